The number of fused-ring (bicyclic) bond motifs is 4. The summed E-state index contributed by atoms with van der Waals surface area (Å²) >= 11 is 1.75. The summed E-state index contributed by atoms with van der Waals surface area (Å²) in [5.41, 5.74) is 1.22. The van der Waals surface area contributed by atoms with Gasteiger partial charge >= 0.3 is 6.03 Å². The van der Waals surface area contributed by atoms with Crippen LogP contribution in [0, 0.1) is 5.41 Å². The van der Waals surface area contributed by atoms with Crippen LogP contribution in [0.1, 0.15) is 5.56 Å². The van der Waals surface area contributed by atoms with Crippen molar-refractivity contribution in [2.45, 2.75) is 12.5 Å². The zero-order valence-corrected chi connectivity index (χ0v) is 15.9. The lowest BCUT2D eigenvalue weighted by atomic mass is 9.69. The van der Waals surface area contributed by atoms with Gasteiger partial charge in [-0.25, -0.2) is 9.69 Å². The van der Waals surface area contributed by atoms with E-state index in [2.05, 4.69) is 16.3 Å². The van der Waals surface area contributed by atoms with E-state index in [-0.39, 0.29) is 6.04 Å². The Morgan fingerprint density at radius 2 is 1.75 bits per heavy atom. The van der Waals surface area contributed by atoms with Crippen molar-refractivity contribution >= 4 is 41.0 Å². The minimum Gasteiger partial charge on any atom is -0.365 e. The predicted molar refractivity (Wildman–Crippen MR) is 109 cm³/mol. The lowest BCUT2D eigenvalue weighted by Gasteiger charge is -2.53. The van der Waals surface area contributed by atoms with Crippen molar-refractivity contribution in [2.24, 2.45) is 5.41 Å². The summed E-state index contributed by atoms with van der Waals surface area (Å²) in [5.74, 6) is 0.698. The van der Waals surface area contributed by atoms with Crippen LogP contribution in [0.15, 0.2) is 54.6 Å². The largest absolute Gasteiger partial charge is 0.365 e. The van der Waals surface area contributed by atoms with Crippen molar-refractivity contribution < 1.29 is 14.4 Å². The van der Waals surface area contributed by atoms with Crippen LogP contribution in [0.3, 0.4) is 0 Å². The van der Waals surface area contributed by atoms with Crippen LogP contribution in [-0.2, 0) is 16.0 Å². The molecule has 2 fully saturated rings. The van der Waals surface area contributed by atoms with Gasteiger partial charge in [0, 0.05) is 23.7 Å². The summed E-state index contributed by atoms with van der Waals surface area (Å²) in [5, 5.41) is 2.47. The molecule has 3 aliphatic rings. The molecule has 1 spiro atoms. The Bertz CT molecular complexity index is 980. The molecule has 5 rings (SSSR count). The number of hydrogen-bond acceptors (Lipinski definition) is 5. The molecule has 3 aliphatic heterocycles. The Morgan fingerprint density at radius 1 is 1.00 bits per heavy atom. The summed E-state index contributed by atoms with van der Waals surface area (Å²) in [6, 6.07) is 15.8. The van der Waals surface area contributed by atoms with Crippen LogP contribution in [0.5, 0.6) is 0 Å². The highest BCUT2D eigenvalue weighted by Crippen LogP contribution is 2.47. The topological polar surface area (TPSA) is 69.7 Å². The van der Waals surface area contributed by atoms with E-state index in [4.69, 9.17) is 0 Å². The van der Waals surface area contributed by atoms with E-state index >= 15 is 0 Å². The molecule has 1 N–H and O–H groups in total. The number of carbonyl (C=O) groups excluding carboxylic acids is 3. The van der Waals surface area contributed by atoms with Crippen LogP contribution in [0.25, 0.3) is 0 Å². The van der Waals surface area contributed by atoms with Gasteiger partial charge in [-0.15, -0.1) is 0 Å². The third-order valence-corrected chi connectivity index (χ3v) is 6.92. The van der Waals surface area contributed by atoms with Gasteiger partial charge in [0.15, 0.2) is 5.41 Å². The molecule has 0 aliphatic carbocycles. The fourth-order valence-electron chi connectivity index (χ4n) is 4.57. The van der Waals surface area contributed by atoms with E-state index < -0.39 is 23.3 Å². The van der Waals surface area contributed by atoms with Gasteiger partial charge in [0.05, 0.1) is 11.7 Å². The summed E-state index contributed by atoms with van der Waals surface area (Å²) < 4.78 is 0. The molecular formula is C21H19N3O3S. The van der Waals surface area contributed by atoms with Crippen LogP contribution in [-0.4, -0.2) is 41.9 Å². The maximum absolute atomic E-state index is 13.8. The Labute approximate surface area is 166 Å². The van der Waals surface area contributed by atoms with E-state index in [1.54, 1.807) is 36.0 Å². The number of thioether (sulfide) groups is 1. The van der Waals surface area contributed by atoms with Gasteiger partial charge in [-0.3, -0.25) is 14.9 Å². The molecule has 7 heteroatoms. The Kier molecular flexibility index (Phi) is 3.94. The molecule has 0 radical (unpaired) electrons. The number of rotatable bonds is 1. The van der Waals surface area contributed by atoms with Crippen LogP contribution in [0.2, 0.25) is 0 Å². The lowest BCUT2D eigenvalue weighted by Crippen LogP contribution is -2.73. The molecule has 2 saturated heterocycles. The molecule has 2 aromatic rings. The van der Waals surface area contributed by atoms with Crippen molar-refractivity contribution in [3.8, 4) is 0 Å². The zero-order valence-electron chi connectivity index (χ0n) is 15.1. The summed E-state index contributed by atoms with van der Waals surface area (Å²) in [6.45, 7) is 0.772. The van der Waals surface area contributed by atoms with Crippen molar-refractivity contribution in [1.29, 1.82) is 0 Å². The molecule has 142 valence electrons. The first-order valence-corrected chi connectivity index (χ1v) is 10.5. The highest BCUT2D eigenvalue weighted by Gasteiger charge is 2.62. The second kappa shape index (κ2) is 6.38. The molecule has 0 bridgehead atoms. The zero-order chi connectivity index (χ0) is 19.3. The second-order valence-corrected chi connectivity index (χ2v) is 8.45. The van der Waals surface area contributed by atoms with Crippen molar-refractivity contribution in [3.05, 3.63) is 60.2 Å². The molecule has 3 heterocycles. The molecule has 28 heavy (non-hydrogen) atoms. The second-order valence-electron chi connectivity index (χ2n) is 7.30. The number of benzene rings is 2. The fraction of sp³-hybridized carbons (Fsp3) is 0.286. The number of amides is 4. The van der Waals surface area contributed by atoms with Crippen LogP contribution < -0.4 is 15.1 Å². The number of nitrogens with zero attached hydrogens (tertiary/aromatic N) is 2. The van der Waals surface area contributed by atoms with Gasteiger partial charge in [0.25, 0.3) is 5.91 Å². The summed E-state index contributed by atoms with van der Waals surface area (Å²) in [6.07, 6.45) is 0.298. The van der Waals surface area contributed by atoms with E-state index in [0.717, 1.165) is 28.4 Å². The van der Waals surface area contributed by atoms with E-state index in [1.165, 1.54) is 0 Å². The lowest BCUT2D eigenvalue weighted by molar-refractivity contribution is -0.144. The van der Waals surface area contributed by atoms with Gasteiger partial charge in [-0.2, -0.15) is 11.8 Å². The quantitative estimate of drug-likeness (QED) is 0.754. The van der Waals surface area contributed by atoms with Crippen LogP contribution in [0.4, 0.5) is 16.2 Å². The molecule has 0 saturated carbocycles. The molecule has 6 nitrogen and oxygen atoms in total. The summed E-state index contributed by atoms with van der Waals surface area (Å²) in [7, 11) is 0. The number of urea groups is 1. The van der Waals surface area contributed by atoms with E-state index in [0.29, 0.717) is 17.9 Å². The first kappa shape index (κ1) is 17.3. The standard InChI is InChI=1S/C21H19N3O3S/c25-18-21(19(26)24(20(27)22-18)15-7-2-1-3-8-15)12-14-6-4-5-9-16(14)23-10-11-28-13-17(21)23/h1-9,17H,10-13H2,(H,22,25,27)/t17-,21-/m0/s1. The normalized spacial score (nSPS) is 26.7. The molecular weight excluding hydrogens is 374 g/mol. The predicted octanol–water partition coefficient (Wildman–Crippen LogP) is 2.43. The molecule has 2 aromatic carbocycles. The SMILES string of the molecule is O=C1NC(=O)[C@@]2(Cc3ccccc3N3CCSC[C@H]32)C(=O)N1c1ccccc1. The number of barbiturate groups is 1. The average molecular weight is 393 g/mol. The van der Waals surface area contributed by atoms with Gasteiger partial charge in [0.1, 0.15) is 0 Å². The number of anilines is 2. The number of imide groups is 2. The Morgan fingerprint density at radius 3 is 2.57 bits per heavy atom. The van der Waals surface area contributed by atoms with Gasteiger partial charge in [-0.05, 0) is 30.2 Å². The molecule has 4 amide bonds. The minimum absolute atomic E-state index is 0.284. The van der Waals surface area contributed by atoms with Crippen molar-refractivity contribution in [3.63, 3.8) is 0 Å². The van der Waals surface area contributed by atoms with E-state index in [9.17, 15) is 14.4 Å². The molecule has 2 atom stereocenters. The maximum Gasteiger partial charge on any atom is 0.335 e. The monoisotopic (exact) mass is 393 g/mol. The number of carbonyl (C=O) groups is 3. The number of nitrogens with one attached hydrogen (secondary N) is 1. The van der Waals surface area contributed by atoms with Crippen LogP contribution >= 0.6 is 11.8 Å². The maximum atomic E-state index is 13.8. The van der Waals surface area contributed by atoms with Crippen molar-refractivity contribution in [1.82, 2.24) is 5.32 Å². The van der Waals surface area contributed by atoms with Crippen molar-refractivity contribution in [2.75, 3.05) is 27.9 Å². The average Bonchev–Trinajstić information content (AvgIpc) is 2.73. The number of hydrogen-bond donors (Lipinski definition) is 1. The van der Waals surface area contributed by atoms with Gasteiger partial charge in [-0.1, -0.05) is 36.4 Å². The highest BCUT2D eigenvalue weighted by molar-refractivity contribution is 7.99. The molecule has 0 unspecified atom stereocenters. The highest BCUT2D eigenvalue weighted by atomic mass is 32.2. The summed E-state index contributed by atoms with van der Waals surface area (Å²) in [4.78, 5) is 42.9. The van der Waals surface area contributed by atoms with Gasteiger partial charge < -0.3 is 4.90 Å². The molecule has 0 aromatic heterocycles. The van der Waals surface area contributed by atoms with E-state index in [1.807, 2.05) is 24.3 Å². The third-order valence-electron chi connectivity index (χ3n) is 5.90. The Hall–Kier alpha value is -2.80. The first-order valence-electron chi connectivity index (χ1n) is 9.30. The third kappa shape index (κ3) is 2.32. The first-order chi connectivity index (χ1) is 13.6. The number of para-hydroxylation sites is 2. The Balaban J connectivity index is 1.67. The minimum atomic E-state index is -1.31. The van der Waals surface area contributed by atoms with Gasteiger partial charge in [0.2, 0.25) is 5.91 Å². The fourth-order valence-corrected chi connectivity index (χ4v) is 5.75. The smallest absolute Gasteiger partial charge is 0.335 e.